The van der Waals surface area contributed by atoms with Crippen LogP contribution in [0.3, 0.4) is 0 Å². The summed E-state index contributed by atoms with van der Waals surface area (Å²) in [5.74, 6) is -0.0540. The predicted octanol–water partition coefficient (Wildman–Crippen LogP) is 4.27. The number of hydrogen-bond donors (Lipinski definition) is 0. The molecule has 0 spiro atoms. The van der Waals surface area contributed by atoms with Crippen molar-refractivity contribution >= 4 is 33.5 Å². The topological polar surface area (TPSA) is 78.7 Å². The van der Waals surface area contributed by atoms with Crippen molar-refractivity contribution in [2.75, 3.05) is 14.2 Å². The number of rotatable bonds is 6. The molecule has 0 aliphatic carbocycles. The number of methoxy groups -OCH3 is 2. The molecule has 0 saturated heterocycles. The number of ketones is 1. The molecular formula is C17H14BrNO5. The molecule has 24 heavy (non-hydrogen) atoms. The van der Waals surface area contributed by atoms with E-state index >= 15 is 0 Å². The minimum Gasteiger partial charge on any atom is -0.493 e. The van der Waals surface area contributed by atoms with E-state index in [1.807, 2.05) is 24.3 Å². The highest BCUT2D eigenvalue weighted by Crippen LogP contribution is 2.34. The highest BCUT2D eigenvalue weighted by molar-refractivity contribution is 9.10. The Morgan fingerprint density at radius 2 is 1.83 bits per heavy atom. The lowest BCUT2D eigenvalue weighted by Crippen LogP contribution is -2.03. The van der Waals surface area contributed by atoms with Gasteiger partial charge in [0.1, 0.15) is 5.56 Å². The Hall–Kier alpha value is -2.67. The van der Waals surface area contributed by atoms with Crippen LogP contribution in [-0.2, 0) is 0 Å². The van der Waals surface area contributed by atoms with E-state index in [1.165, 1.54) is 32.4 Å². The third-order valence-electron chi connectivity index (χ3n) is 3.24. The van der Waals surface area contributed by atoms with Crippen LogP contribution >= 0.6 is 15.9 Å². The molecule has 2 aromatic rings. The van der Waals surface area contributed by atoms with E-state index < -0.39 is 10.7 Å². The lowest BCUT2D eigenvalue weighted by molar-refractivity contribution is -0.385. The Labute approximate surface area is 147 Å². The van der Waals surface area contributed by atoms with Crippen molar-refractivity contribution in [3.63, 3.8) is 0 Å². The molecule has 0 atom stereocenters. The zero-order chi connectivity index (χ0) is 17.7. The van der Waals surface area contributed by atoms with Crippen LogP contribution < -0.4 is 9.47 Å². The molecule has 7 heteroatoms. The Balaban J connectivity index is 2.42. The van der Waals surface area contributed by atoms with Gasteiger partial charge in [0.2, 0.25) is 0 Å². The van der Waals surface area contributed by atoms with Gasteiger partial charge in [-0.25, -0.2) is 0 Å². The van der Waals surface area contributed by atoms with Gasteiger partial charge in [-0.3, -0.25) is 14.9 Å². The molecule has 0 amide bonds. The average molecular weight is 392 g/mol. The monoisotopic (exact) mass is 391 g/mol. The van der Waals surface area contributed by atoms with Gasteiger partial charge in [-0.15, -0.1) is 0 Å². The predicted molar refractivity (Wildman–Crippen MR) is 93.7 cm³/mol. The summed E-state index contributed by atoms with van der Waals surface area (Å²) < 4.78 is 11.0. The highest BCUT2D eigenvalue weighted by atomic mass is 79.9. The van der Waals surface area contributed by atoms with E-state index in [-0.39, 0.29) is 22.7 Å². The first-order valence-corrected chi connectivity index (χ1v) is 7.64. The number of carbonyl (C=O) groups is 1. The molecule has 0 heterocycles. The number of benzene rings is 2. The van der Waals surface area contributed by atoms with Crippen LogP contribution in [0.5, 0.6) is 11.5 Å². The first-order valence-electron chi connectivity index (χ1n) is 6.84. The standard InChI is InChI=1S/C17H14BrNO5/c1-23-16-9-13(14(19(21)22)10-17(16)24-2)15(20)7-6-11-4-3-5-12(18)8-11/h3-10H,1-2H3/b7-6+. The maximum absolute atomic E-state index is 12.4. The van der Waals surface area contributed by atoms with Crippen LogP contribution in [0.1, 0.15) is 15.9 Å². The maximum atomic E-state index is 12.4. The second-order valence-electron chi connectivity index (χ2n) is 4.73. The summed E-state index contributed by atoms with van der Waals surface area (Å²) in [5.41, 5.74) is 0.390. The van der Waals surface area contributed by atoms with Crippen LogP contribution in [-0.4, -0.2) is 24.9 Å². The lowest BCUT2D eigenvalue weighted by Gasteiger charge is -2.09. The van der Waals surface area contributed by atoms with Crippen molar-refractivity contribution in [3.8, 4) is 11.5 Å². The molecule has 0 aliphatic rings. The van der Waals surface area contributed by atoms with E-state index in [0.717, 1.165) is 10.0 Å². The van der Waals surface area contributed by atoms with Crippen molar-refractivity contribution in [2.45, 2.75) is 0 Å². The Morgan fingerprint density at radius 1 is 1.17 bits per heavy atom. The number of nitrogens with zero attached hydrogens (tertiary/aromatic N) is 1. The van der Waals surface area contributed by atoms with E-state index in [4.69, 9.17) is 9.47 Å². The molecule has 2 rings (SSSR count). The Bertz CT molecular complexity index is 817. The summed E-state index contributed by atoms with van der Waals surface area (Å²) in [5, 5.41) is 11.2. The summed E-state index contributed by atoms with van der Waals surface area (Å²) in [6, 6.07) is 9.82. The fraction of sp³-hybridized carbons (Fsp3) is 0.118. The van der Waals surface area contributed by atoms with Crippen LogP contribution in [0.4, 0.5) is 5.69 Å². The molecule has 0 N–H and O–H groups in total. The first kappa shape index (κ1) is 17.7. The Morgan fingerprint density at radius 3 is 2.42 bits per heavy atom. The first-order chi connectivity index (χ1) is 11.5. The van der Waals surface area contributed by atoms with Crippen molar-refractivity contribution in [1.29, 1.82) is 0 Å². The fourth-order valence-corrected chi connectivity index (χ4v) is 2.51. The van der Waals surface area contributed by atoms with Crippen molar-refractivity contribution < 1.29 is 19.2 Å². The smallest absolute Gasteiger partial charge is 0.284 e. The van der Waals surface area contributed by atoms with Gasteiger partial charge < -0.3 is 9.47 Å². The molecule has 0 fully saturated rings. The molecular weight excluding hydrogens is 378 g/mol. The third kappa shape index (κ3) is 3.99. The van der Waals surface area contributed by atoms with Gasteiger partial charge in [0.05, 0.1) is 25.2 Å². The molecule has 0 aromatic heterocycles. The number of ether oxygens (including phenoxy) is 2. The zero-order valence-electron chi connectivity index (χ0n) is 13.0. The summed E-state index contributed by atoms with van der Waals surface area (Å²) in [7, 11) is 2.77. The summed E-state index contributed by atoms with van der Waals surface area (Å²) in [4.78, 5) is 23.0. The molecule has 2 aromatic carbocycles. The van der Waals surface area contributed by atoms with Crippen LogP contribution in [0.25, 0.3) is 6.08 Å². The second-order valence-corrected chi connectivity index (χ2v) is 5.65. The van der Waals surface area contributed by atoms with Gasteiger partial charge in [-0.1, -0.05) is 34.1 Å². The second kappa shape index (κ2) is 7.74. The van der Waals surface area contributed by atoms with Gasteiger partial charge in [-0.2, -0.15) is 0 Å². The minimum absolute atomic E-state index is 0.0658. The minimum atomic E-state index is -0.623. The highest BCUT2D eigenvalue weighted by Gasteiger charge is 2.23. The molecule has 0 unspecified atom stereocenters. The number of nitro benzene ring substituents is 1. The number of allylic oxidation sites excluding steroid dienone is 1. The molecule has 124 valence electrons. The van der Waals surface area contributed by atoms with Crippen LogP contribution in [0.2, 0.25) is 0 Å². The van der Waals surface area contributed by atoms with Gasteiger partial charge in [-0.05, 0) is 23.8 Å². The molecule has 0 saturated carbocycles. The van der Waals surface area contributed by atoms with Crippen LogP contribution in [0, 0.1) is 10.1 Å². The normalized spacial score (nSPS) is 10.6. The molecule has 0 radical (unpaired) electrons. The number of carbonyl (C=O) groups excluding carboxylic acids is 1. The third-order valence-corrected chi connectivity index (χ3v) is 3.73. The summed E-state index contributed by atoms with van der Waals surface area (Å²) >= 11 is 3.34. The van der Waals surface area contributed by atoms with Crippen molar-refractivity contribution in [3.05, 3.63) is 68.2 Å². The van der Waals surface area contributed by atoms with E-state index in [0.29, 0.717) is 0 Å². The van der Waals surface area contributed by atoms with E-state index in [1.54, 1.807) is 6.08 Å². The van der Waals surface area contributed by atoms with Gasteiger partial charge in [0, 0.05) is 10.5 Å². The Kier molecular flexibility index (Phi) is 5.70. The largest absolute Gasteiger partial charge is 0.493 e. The van der Waals surface area contributed by atoms with Gasteiger partial charge in [0.25, 0.3) is 5.69 Å². The van der Waals surface area contributed by atoms with Crippen LogP contribution in [0.15, 0.2) is 46.9 Å². The lowest BCUT2D eigenvalue weighted by atomic mass is 10.1. The van der Waals surface area contributed by atoms with Gasteiger partial charge in [0.15, 0.2) is 17.3 Å². The average Bonchev–Trinajstić information content (AvgIpc) is 2.58. The molecule has 6 nitrogen and oxygen atoms in total. The number of hydrogen-bond acceptors (Lipinski definition) is 5. The summed E-state index contributed by atoms with van der Waals surface area (Å²) in [6.45, 7) is 0. The fourth-order valence-electron chi connectivity index (χ4n) is 2.09. The van der Waals surface area contributed by atoms with Gasteiger partial charge >= 0.3 is 0 Å². The van der Waals surface area contributed by atoms with E-state index in [9.17, 15) is 14.9 Å². The van der Waals surface area contributed by atoms with E-state index in [2.05, 4.69) is 15.9 Å². The van der Waals surface area contributed by atoms with Crippen molar-refractivity contribution in [2.24, 2.45) is 0 Å². The molecule has 0 bridgehead atoms. The SMILES string of the molecule is COc1cc(C(=O)/C=C/c2cccc(Br)c2)c([N+](=O)[O-])cc1OC. The quantitative estimate of drug-likeness (QED) is 0.318. The maximum Gasteiger partial charge on any atom is 0.284 e. The number of halogens is 1. The van der Waals surface area contributed by atoms with Crippen molar-refractivity contribution in [1.82, 2.24) is 0 Å². The summed E-state index contributed by atoms with van der Waals surface area (Å²) in [6.07, 6.45) is 2.88. The zero-order valence-corrected chi connectivity index (χ0v) is 14.6. The number of nitro groups is 1. The molecule has 0 aliphatic heterocycles.